The molecule has 2 aliphatic rings. The van der Waals surface area contributed by atoms with Gasteiger partial charge in [0.15, 0.2) is 0 Å². The Morgan fingerprint density at radius 3 is 2.78 bits per heavy atom. The molecular formula is C17H24IN3O2. The second kappa shape index (κ2) is 7.79. The molecule has 1 aliphatic carbocycles. The monoisotopic (exact) mass is 429 g/mol. The summed E-state index contributed by atoms with van der Waals surface area (Å²) in [6.07, 6.45) is 6.51. The summed E-state index contributed by atoms with van der Waals surface area (Å²) in [6.45, 7) is 2.76. The summed E-state index contributed by atoms with van der Waals surface area (Å²) in [5.41, 5.74) is 0. The number of rotatable bonds is 4. The molecule has 0 aromatic carbocycles. The first-order valence-electron chi connectivity index (χ1n) is 8.33. The molecule has 1 saturated heterocycles. The molecule has 1 amide bonds. The quantitative estimate of drug-likeness (QED) is 0.691. The van der Waals surface area contributed by atoms with E-state index in [0.717, 1.165) is 35.3 Å². The summed E-state index contributed by atoms with van der Waals surface area (Å²) in [7, 11) is 2.12. The van der Waals surface area contributed by atoms with Crippen molar-refractivity contribution >= 4 is 34.3 Å². The lowest BCUT2D eigenvalue weighted by atomic mass is 9.85. The van der Waals surface area contributed by atoms with Crippen LogP contribution < -0.4 is 4.90 Å². The Balaban J connectivity index is 1.49. The number of pyridine rings is 1. The van der Waals surface area contributed by atoms with E-state index < -0.39 is 0 Å². The molecule has 2 heterocycles. The highest BCUT2D eigenvalue weighted by Crippen LogP contribution is 2.29. The van der Waals surface area contributed by atoms with Crippen LogP contribution in [0.2, 0.25) is 0 Å². The summed E-state index contributed by atoms with van der Waals surface area (Å²) < 4.78 is 6.39. The van der Waals surface area contributed by atoms with Crippen LogP contribution in [0.4, 0.5) is 5.82 Å². The lowest BCUT2D eigenvalue weighted by Gasteiger charge is -2.39. The topological polar surface area (TPSA) is 45.7 Å². The lowest BCUT2D eigenvalue weighted by Crippen LogP contribution is -2.49. The number of halogens is 1. The van der Waals surface area contributed by atoms with Crippen LogP contribution in [0.25, 0.3) is 0 Å². The first-order valence-corrected chi connectivity index (χ1v) is 9.41. The number of morpholine rings is 1. The van der Waals surface area contributed by atoms with Crippen molar-refractivity contribution in [3.05, 3.63) is 21.9 Å². The molecule has 0 unspecified atom stereocenters. The molecule has 5 nitrogen and oxygen atoms in total. The number of hydrogen-bond acceptors (Lipinski definition) is 4. The minimum Gasteiger partial charge on any atom is -0.370 e. The predicted molar refractivity (Wildman–Crippen MR) is 98.5 cm³/mol. The third-order valence-corrected chi connectivity index (χ3v) is 5.55. The van der Waals surface area contributed by atoms with E-state index >= 15 is 0 Å². The largest absolute Gasteiger partial charge is 0.370 e. The Morgan fingerprint density at radius 2 is 2.13 bits per heavy atom. The van der Waals surface area contributed by atoms with E-state index in [1.54, 1.807) is 0 Å². The number of nitrogens with zero attached hydrogens (tertiary/aromatic N) is 3. The first kappa shape index (κ1) is 17.0. The fraction of sp³-hybridized carbons (Fsp3) is 0.647. The molecule has 0 spiro atoms. The van der Waals surface area contributed by atoms with Crippen molar-refractivity contribution in [3.8, 4) is 0 Å². The van der Waals surface area contributed by atoms with E-state index in [1.165, 1.54) is 12.8 Å². The molecule has 1 aliphatic heterocycles. The molecule has 0 atom stereocenters. The average Bonchev–Trinajstić information content (AvgIpc) is 2.57. The molecule has 2 fully saturated rings. The molecule has 1 aromatic heterocycles. The molecule has 1 aromatic rings. The maximum absolute atomic E-state index is 11.9. The molecule has 1 saturated carbocycles. The van der Waals surface area contributed by atoms with Crippen LogP contribution in [0.3, 0.4) is 0 Å². The van der Waals surface area contributed by atoms with E-state index in [4.69, 9.17) is 4.74 Å². The number of carbonyl (C=O) groups is 1. The van der Waals surface area contributed by atoms with Crippen molar-refractivity contribution in [2.24, 2.45) is 5.92 Å². The number of ether oxygens (including phenoxy) is 1. The normalized spacial score (nSPS) is 25.5. The fourth-order valence-corrected chi connectivity index (χ4v) is 3.95. The molecule has 6 heteroatoms. The van der Waals surface area contributed by atoms with Gasteiger partial charge in [0.1, 0.15) is 12.4 Å². The predicted octanol–water partition coefficient (Wildman–Crippen LogP) is 2.54. The Labute approximate surface area is 151 Å². The summed E-state index contributed by atoms with van der Waals surface area (Å²) in [4.78, 5) is 20.7. The van der Waals surface area contributed by atoms with E-state index in [2.05, 4.69) is 51.7 Å². The van der Waals surface area contributed by atoms with Crippen molar-refractivity contribution in [1.29, 1.82) is 0 Å². The summed E-state index contributed by atoms with van der Waals surface area (Å²) in [5, 5.41) is 0. The van der Waals surface area contributed by atoms with Gasteiger partial charge in [0.2, 0.25) is 5.91 Å². The number of amides is 1. The first-order chi connectivity index (χ1) is 11.1. The molecule has 0 bridgehead atoms. The van der Waals surface area contributed by atoms with Gasteiger partial charge in [-0.15, -0.1) is 0 Å². The maximum atomic E-state index is 11.9. The van der Waals surface area contributed by atoms with Crippen LogP contribution in [0, 0.1) is 9.49 Å². The maximum Gasteiger partial charge on any atom is 0.248 e. The molecule has 23 heavy (non-hydrogen) atoms. The van der Waals surface area contributed by atoms with E-state index in [0.29, 0.717) is 18.6 Å². The van der Waals surface area contributed by atoms with Crippen molar-refractivity contribution in [2.75, 3.05) is 38.3 Å². The zero-order valence-corrected chi connectivity index (χ0v) is 15.7. The van der Waals surface area contributed by atoms with Gasteiger partial charge in [0.05, 0.1) is 6.61 Å². The van der Waals surface area contributed by atoms with E-state index in [9.17, 15) is 4.79 Å². The van der Waals surface area contributed by atoms with Crippen LogP contribution in [0.5, 0.6) is 0 Å². The van der Waals surface area contributed by atoms with E-state index in [-0.39, 0.29) is 12.5 Å². The van der Waals surface area contributed by atoms with Crippen molar-refractivity contribution in [2.45, 2.75) is 31.7 Å². The van der Waals surface area contributed by atoms with Gasteiger partial charge in [0.25, 0.3) is 0 Å². The fourth-order valence-electron chi connectivity index (χ4n) is 3.63. The highest BCUT2D eigenvalue weighted by molar-refractivity contribution is 14.1. The SMILES string of the molecule is CN(CC1CCC(N2CCOCC2=O)CC1)c1ccc(I)cn1. The third kappa shape index (κ3) is 4.35. The Morgan fingerprint density at radius 1 is 1.35 bits per heavy atom. The molecular weight excluding hydrogens is 405 g/mol. The van der Waals surface area contributed by atoms with Gasteiger partial charge < -0.3 is 14.5 Å². The summed E-state index contributed by atoms with van der Waals surface area (Å²) >= 11 is 2.28. The number of carbonyl (C=O) groups excluding carboxylic acids is 1. The van der Waals surface area contributed by atoms with Gasteiger partial charge in [-0.2, -0.15) is 0 Å². The lowest BCUT2D eigenvalue weighted by molar-refractivity contribution is -0.146. The minimum absolute atomic E-state index is 0.167. The number of anilines is 1. The van der Waals surface area contributed by atoms with Crippen molar-refractivity contribution in [1.82, 2.24) is 9.88 Å². The van der Waals surface area contributed by atoms with Gasteiger partial charge in [-0.05, 0) is 66.3 Å². The molecule has 3 rings (SSSR count). The van der Waals surface area contributed by atoms with Crippen LogP contribution in [0.15, 0.2) is 18.3 Å². The van der Waals surface area contributed by atoms with Crippen LogP contribution in [-0.2, 0) is 9.53 Å². The number of hydrogen-bond donors (Lipinski definition) is 0. The van der Waals surface area contributed by atoms with Crippen LogP contribution in [0.1, 0.15) is 25.7 Å². The highest BCUT2D eigenvalue weighted by Gasteiger charge is 2.30. The third-order valence-electron chi connectivity index (χ3n) is 4.91. The molecule has 0 N–H and O–H groups in total. The zero-order chi connectivity index (χ0) is 16.2. The standard InChI is InChI=1S/C17H24IN3O2/c1-20(16-7-4-14(18)10-19-16)11-13-2-5-15(6-3-13)21-8-9-23-12-17(21)22/h4,7,10,13,15H,2-3,5-6,8-9,11-12H2,1H3. The van der Waals surface area contributed by atoms with Gasteiger partial charge in [-0.1, -0.05) is 0 Å². The zero-order valence-electron chi connectivity index (χ0n) is 13.6. The van der Waals surface area contributed by atoms with Gasteiger partial charge >= 0.3 is 0 Å². The van der Waals surface area contributed by atoms with Crippen LogP contribution in [-0.4, -0.2) is 55.2 Å². The Hall–Kier alpha value is -0.890. The van der Waals surface area contributed by atoms with Gasteiger partial charge in [0, 0.05) is 35.9 Å². The second-order valence-corrected chi connectivity index (χ2v) is 7.78. The smallest absolute Gasteiger partial charge is 0.248 e. The summed E-state index contributed by atoms with van der Waals surface area (Å²) in [6, 6.07) is 4.60. The van der Waals surface area contributed by atoms with Crippen molar-refractivity contribution in [3.63, 3.8) is 0 Å². The van der Waals surface area contributed by atoms with Gasteiger partial charge in [-0.25, -0.2) is 4.98 Å². The van der Waals surface area contributed by atoms with E-state index in [1.807, 2.05) is 11.1 Å². The van der Waals surface area contributed by atoms with Crippen LogP contribution >= 0.6 is 22.6 Å². The average molecular weight is 429 g/mol. The minimum atomic E-state index is 0.167. The Kier molecular flexibility index (Phi) is 5.74. The summed E-state index contributed by atoms with van der Waals surface area (Å²) in [5.74, 6) is 1.89. The molecule has 126 valence electrons. The van der Waals surface area contributed by atoms with Gasteiger partial charge in [-0.3, -0.25) is 4.79 Å². The highest BCUT2D eigenvalue weighted by atomic mass is 127. The number of aromatic nitrogens is 1. The van der Waals surface area contributed by atoms with Crippen molar-refractivity contribution < 1.29 is 9.53 Å². The Bertz CT molecular complexity index is 529. The molecule has 0 radical (unpaired) electrons. The second-order valence-electron chi connectivity index (χ2n) is 6.53.